The molecule has 1 atom stereocenters. The Morgan fingerprint density at radius 3 is 2.15 bits per heavy atom. The molecule has 4 heteroatoms. The highest BCUT2D eigenvalue weighted by molar-refractivity contribution is 4.90. The minimum Gasteiger partial charge on any atom is -0.408 e. The van der Waals surface area contributed by atoms with Gasteiger partial charge in [-0.2, -0.15) is 0 Å². The normalized spacial score (nSPS) is 16.4. The van der Waals surface area contributed by atoms with Crippen LogP contribution in [0.1, 0.15) is 40.5 Å². The zero-order chi connectivity index (χ0) is 10.5. The van der Waals surface area contributed by atoms with Crippen molar-refractivity contribution in [3.05, 3.63) is 5.53 Å². The summed E-state index contributed by atoms with van der Waals surface area (Å²) in [6.45, 7) is 8.37. The van der Waals surface area contributed by atoms with Crippen LogP contribution in [0.25, 0.3) is 5.53 Å². The van der Waals surface area contributed by atoms with E-state index in [-0.39, 0.29) is 11.1 Å². The zero-order valence-electron chi connectivity index (χ0n) is 9.31. The third-order valence-electron chi connectivity index (χ3n) is 2.61. The molecule has 0 aliphatic carbocycles. The van der Waals surface area contributed by atoms with E-state index in [4.69, 9.17) is 5.53 Å². The summed E-state index contributed by atoms with van der Waals surface area (Å²) in [5.41, 5.74) is 11.1. The van der Waals surface area contributed by atoms with Crippen LogP contribution in [0.2, 0.25) is 0 Å². The maximum atomic E-state index is 8.50. The van der Waals surface area contributed by atoms with Crippen molar-refractivity contribution < 1.29 is 0 Å². The third-order valence-corrected chi connectivity index (χ3v) is 2.61. The van der Waals surface area contributed by atoms with Crippen LogP contribution in [-0.4, -0.2) is 18.1 Å². The van der Waals surface area contributed by atoms with Crippen molar-refractivity contribution in [2.24, 2.45) is 5.22 Å². The van der Waals surface area contributed by atoms with E-state index in [1.54, 1.807) is 0 Å². The predicted octanol–water partition coefficient (Wildman–Crippen LogP) is 2.07. The van der Waals surface area contributed by atoms with Crippen LogP contribution in [0.3, 0.4) is 0 Å². The molecule has 78 valence electrons. The van der Waals surface area contributed by atoms with Crippen LogP contribution in [0, 0.1) is 0 Å². The number of rotatable bonds is 6. The molecule has 0 amide bonds. The molecule has 0 bridgehead atoms. The molecule has 0 heterocycles. The second-order valence-corrected chi connectivity index (χ2v) is 4.44. The predicted molar refractivity (Wildman–Crippen MR) is 55.4 cm³/mol. The van der Waals surface area contributed by atoms with Gasteiger partial charge in [0.25, 0.3) is 0 Å². The van der Waals surface area contributed by atoms with Crippen LogP contribution < -0.4 is 10.7 Å². The van der Waals surface area contributed by atoms with E-state index >= 15 is 0 Å². The molecule has 0 spiro atoms. The van der Waals surface area contributed by atoms with Crippen molar-refractivity contribution in [3.8, 4) is 0 Å². The molecular weight excluding hydrogens is 164 g/mol. The van der Waals surface area contributed by atoms with Gasteiger partial charge >= 0.3 is 0 Å². The Labute approximate surface area is 81.0 Å². The summed E-state index contributed by atoms with van der Waals surface area (Å²) in [6, 6.07) is 0. The maximum Gasteiger partial charge on any atom is 0.0126 e. The number of hydrogen-bond acceptors (Lipinski definition) is 2. The molecule has 0 saturated carbocycles. The largest absolute Gasteiger partial charge is 0.408 e. The first kappa shape index (κ1) is 12.4. The van der Waals surface area contributed by atoms with E-state index in [1.807, 2.05) is 14.0 Å². The van der Waals surface area contributed by atoms with Gasteiger partial charge in [-0.25, -0.2) is 0 Å². The molecule has 0 radical (unpaired) electrons. The van der Waals surface area contributed by atoms with Crippen LogP contribution in [0.15, 0.2) is 5.22 Å². The second-order valence-electron chi connectivity index (χ2n) is 4.44. The molecule has 0 aliphatic rings. The molecule has 4 nitrogen and oxygen atoms in total. The Morgan fingerprint density at radius 2 is 1.85 bits per heavy atom. The Kier molecular flexibility index (Phi) is 4.33. The molecule has 0 aromatic heterocycles. The van der Waals surface area contributed by atoms with Crippen molar-refractivity contribution in [1.29, 1.82) is 0 Å². The summed E-state index contributed by atoms with van der Waals surface area (Å²) >= 11 is 0. The molecule has 0 fully saturated rings. The molecule has 0 rings (SSSR count). The van der Waals surface area contributed by atoms with E-state index in [2.05, 4.69) is 36.7 Å². The van der Waals surface area contributed by atoms with Crippen molar-refractivity contribution in [2.45, 2.75) is 51.6 Å². The average molecular weight is 185 g/mol. The number of nitrogens with zero attached hydrogens (tertiary/aromatic N) is 2. The summed E-state index contributed by atoms with van der Waals surface area (Å²) in [7, 11) is 1.94. The summed E-state index contributed by atoms with van der Waals surface area (Å²) in [4.78, 5) is 0. The van der Waals surface area contributed by atoms with Crippen LogP contribution in [0.4, 0.5) is 0 Å². The lowest BCUT2D eigenvalue weighted by molar-refractivity contribution is 0.238. The first-order valence-corrected chi connectivity index (χ1v) is 4.69. The van der Waals surface area contributed by atoms with Crippen molar-refractivity contribution in [2.75, 3.05) is 7.05 Å². The van der Waals surface area contributed by atoms with E-state index in [9.17, 15) is 0 Å². The highest BCUT2D eigenvalue weighted by Gasteiger charge is 2.26. The Morgan fingerprint density at radius 1 is 1.31 bits per heavy atom. The van der Waals surface area contributed by atoms with Crippen LogP contribution in [-0.2, 0) is 0 Å². The summed E-state index contributed by atoms with van der Waals surface area (Å²) in [5, 5.41) is 6.25. The fraction of sp³-hybridized carbons (Fsp3) is 1.00. The quantitative estimate of drug-likeness (QED) is 0.491. The van der Waals surface area contributed by atoms with Gasteiger partial charge in [0.1, 0.15) is 0 Å². The summed E-state index contributed by atoms with van der Waals surface area (Å²) < 4.78 is 0. The van der Waals surface area contributed by atoms with Gasteiger partial charge in [0.2, 0.25) is 0 Å². The average Bonchev–Trinajstić information content (AvgIpc) is 2.04. The molecule has 0 saturated heterocycles. The summed E-state index contributed by atoms with van der Waals surface area (Å²) in [6.07, 6.45) is 1.82. The Hall–Kier alpha value is -0.640. The lowest BCUT2D eigenvalue weighted by Crippen LogP contribution is -2.49. The molecule has 1 unspecified atom stereocenters. The van der Waals surface area contributed by atoms with Gasteiger partial charge in [-0.1, -0.05) is 20.3 Å². The third kappa shape index (κ3) is 4.22. The minimum absolute atomic E-state index is 0.0441. The standard InChI is InChI=1S/C9H21N4/c1-6-9(4,12-13-10)7-8(2,3)11-5/h11H,6-7H2,1-5H3,(H-,10,12)/q-1. The van der Waals surface area contributed by atoms with Gasteiger partial charge in [0.15, 0.2) is 0 Å². The van der Waals surface area contributed by atoms with Gasteiger partial charge < -0.3 is 16.3 Å². The van der Waals surface area contributed by atoms with E-state index in [1.165, 1.54) is 0 Å². The molecule has 0 aliphatic heterocycles. The van der Waals surface area contributed by atoms with E-state index in [0.29, 0.717) is 0 Å². The van der Waals surface area contributed by atoms with Crippen molar-refractivity contribution in [3.63, 3.8) is 0 Å². The second kappa shape index (κ2) is 4.56. The fourth-order valence-electron chi connectivity index (χ4n) is 1.43. The SMILES string of the molecule is CCC(C)(CC(C)(C)NC)NN=[N-]. The molecular formula is C9H21N4-. The lowest BCUT2D eigenvalue weighted by Gasteiger charge is -2.40. The molecule has 0 aromatic carbocycles. The molecule has 0 aromatic rings. The first-order chi connectivity index (χ1) is 5.89. The highest BCUT2D eigenvalue weighted by Crippen LogP contribution is 2.22. The Balaban J connectivity index is 4.33. The number of hydrogen-bond donors (Lipinski definition) is 2. The minimum atomic E-state index is -0.152. The van der Waals surface area contributed by atoms with Crippen molar-refractivity contribution >= 4 is 0 Å². The van der Waals surface area contributed by atoms with Crippen LogP contribution >= 0.6 is 0 Å². The van der Waals surface area contributed by atoms with Crippen molar-refractivity contribution in [1.82, 2.24) is 10.7 Å². The monoisotopic (exact) mass is 185 g/mol. The summed E-state index contributed by atoms with van der Waals surface area (Å²) in [5.74, 6) is 0. The van der Waals surface area contributed by atoms with Gasteiger partial charge in [-0.05, 0) is 32.9 Å². The lowest BCUT2D eigenvalue weighted by atomic mass is 9.84. The zero-order valence-corrected chi connectivity index (χ0v) is 9.31. The van der Waals surface area contributed by atoms with E-state index < -0.39 is 0 Å². The van der Waals surface area contributed by atoms with Gasteiger partial charge in [0.05, 0.1) is 0 Å². The van der Waals surface area contributed by atoms with Gasteiger partial charge in [-0.3, -0.25) is 5.22 Å². The molecule has 2 N–H and O–H groups in total. The molecule has 13 heavy (non-hydrogen) atoms. The number of nitrogens with one attached hydrogen (secondary N) is 2. The van der Waals surface area contributed by atoms with Crippen LogP contribution in [0.5, 0.6) is 0 Å². The maximum absolute atomic E-state index is 8.50. The highest BCUT2D eigenvalue weighted by atomic mass is 15.4. The fourth-order valence-corrected chi connectivity index (χ4v) is 1.43. The van der Waals surface area contributed by atoms with Gasteiger partial charge in [0, 0.05) is 5.54 Å². The smallest absolute Gasteiger partial charge is 0.0126 e. The Bertz CT molecular complexity index is 167. The van der Waals surface area contributed by atoms with E-state index in [0.717, 1.165) is 12.8 Å². The first-order valence-electron chi connectivity index (χ1n) is 4.69. The van der Waals surface area contributed by atoms with Gasteiger partial charge in [-0.15, -0.1) is 0 Å². The topological polar surface area (TPSA) is 58.7 Å².